The van der Waals surface area contributed by atoms with Gasteiger partial charge < -0.3 is 10.4 Å². The second-order valence-corrected chi connectivity index (χ2v) is 6.46. The number of hydrogen-bond donors (Lipinski definition) is 2. The monoisotopic (exact) mass is 354 g/mol. The van der Waals surface area contributed by atoms with E-state index < -0.39 is 12.1 Å². The number of carbonyl (C=O) groups is 1. The number of piperidine rings is 1. The van der Waals surface area contributed by atoms with E-state index in [1.165, 1.54) is 29.5 Å². The number of aliphatic carboxylic acids is 1. The summed E-state index contributed by atoms with van der Waals surface area (Å²) in [6.07, 6.45) is -2.73. The third-order valence-electron chi connectivity index (χ3n) is 4.49. The first-order valence-electron chi connectivity index (χ1n) is 8.01. The fourth-order valence-electron chi connectivity index (χ4n) is 2.89. The summed E-state index contributed by atoms with van der Waals surface area (Å²) in [5.74, 6) is -2.76. The molecular formula is C18H21F3N2O2. The number of carboxylic acid groups (broad SMARTS) is 1. The third kappa shape index (κ3) is 4.69. The van der Waals surface area contributed by atoms with E-state index in [4.69, 9.17) is 14.9 Å². The van der Waals surface area contributed by atoms with Crippen LogP contribution in [-0.4, -0.2) is 35.3 Å². The molecule has 1 saturated heterocycles. The summed E-state index contributed by atoms with van der Waals surface area (Å²) in [6, 6.07) is 10.7. The van der Waals surface area contributed by atoms with Gasteiger partial charge in [-0.2, -0.15) is 13.2 Å². The van der Waals surface area contributed by atoms with Gasteiger partial charge in [-0.3, -0.25) is 4.98 Å². The molecule has 1 fully saturated rings. The number of pyridine rings is 1. The van der Waals surface area contributed by atoms with Crippen LogP contribution in [0.3, 0.4) is 0 Å². The molecule has 2 heterocycles. The summed E-state index contributed by atoms with van der Waals surface area (Å²) in [5, 5.41) is 11.8. The quantitative estimate of drug-likeness (QED) is 0.817. The van der Waals surface area contributed by atoms with Crippen LogP contribution in [0.5, 0.6) is 0 Å². The lowest BCUT2D eigenvalue weighted by Gasteiger charge is -2.34. The van der Waals surface area contributed by atoms with Crippen molar-refractivity contribution < 1.29 is 23.1 Å². The number of halogens is 3. The number of rotatable bonds is 1. The van der Waals surface area contributed by atoms with E-state index in [0.717, 1.165) is 18.6 Å². The second-order valence-electron chi connectivity index (χ2n) is 6.46. The van der Waals surface area contributed by atoms with E-state index in [9.17, 15) is 13.2 Å². The first-order valence-corrected chi connectivity index (χ1v) is 8.01. The van der Waals surface area contributed by atoms with E-state index in [0.29, 0.717) is 0 Å². The van der Waals surface area contributed by atoms with Gasteiger partial charge in [0, 0.05) is 16.5 Å². The second kappa shape index (κ2) is 7.39. The summed E-state index contributed by atoms with van der Waals surface area (Å²) >= 11 is 0. The Bertz CT molecular complexity index is 754. The van der Waals surface area contributed by atoms with Gasteiger partial charge in [-0.1, -0.05) is 25.1 Å². The lowest BCUT2D eigenvalue weighted by atomic mass is 9.77. The normalized spacial score (nSPS) is 16.8. The zero-order valence-electron chi connectivity index (χ0n) is 14.2. The molecule has 136 valence electrons. The van der Waals surface area contributed by atoms with Crippen LogP contribution in [0.2, 0.25) is 0 Å². The van der Waals surface area contributed by atoms with Crippen molar-refractivity contribution in [3.8, 4) is 0 Å². The minimum atomic E-state index is -5.08. The average Bonchev–Trinajstić information content (AvgIpc) is 2.55. The maximum Gasteiger partial charge on any atom is 0.490 e. The highest BCUT2D eigenvalue weighted by Gasteiger charge is 2.38. The van der Waals surface area contributed by atoms with E-state index >= 15 is 0 Å². The van der Waals surface area contributed by atoms with Crippen molar-refractivity contribution in [3.63, 3.8) is 0 Å². The number of benzene rings is 1. The summed E-state index contributed by atoms with van der Waals surface area (Å²) < 4.78 is 31.7. The highest BCUT2D eigenvalue weighted by atomic mass is 19.4. The van der Waals surface area contributed by atoms with Crippen LogP contribution < -0.4 is 5.32 Å². The lowest BCUT2D eigenvalue weighted by molar-refractivity contribution is -0.192. The largest absolute Gasteiger partial charge is 0.490 e. The van der Waals surface area contributed by atoms with Gasteiger partial charge >= 0.3 is 12.1 Å². The first-order chi connectivity index (χ1) is 11.6. The van der Waals surface area contributed by atoms with Gasteiger partial charge in [0.1, 0.15) is 0 Å². The molecule has 0 amide bonds. The van der Waals surface area contributed by atoms with Crippen molar-refractivity contribution in [2.75, 3.05) is 13.1 Å². The SMILES string of the molecule is Cc1cc(C2(C)CCNCC2)nc2ccccc12.O=C(O)C(F)(F)F. The fraction of sp³-hybridized carbons (Fsp3) is 0.444. The van der Waals surface area contributed by atoms with E-state index in [1.54, 1.807) is 0 Å². The van der Waals surface area contributed by atoms with Crippen LogP contribution in [0.15, 0.2) is 30.3 Å². The molecule has 1 aliphatic heterocycles. The van der Waals surface area contributed by atoms with Crippen LogP contribution in [-0.2, 0) is 10.2 Å². The standard InChI is InChI=1S/C16H20N2.C2HF3O2/c1-12-11-15(16(2)7-9-17-10-8-16)18-14-6-4-3-5-13(12)14;3-2(4,5)1(6)7/h3-6,11,17H,7-10H2,1-2H3;(H,6,7). The summed E-state index contributed by atoms with van der Waals surface area (Å²) in [4.78, 5) is 13.8. The number of alkyl halides is 3. The Labute approximate surface area is 144 Å². The molecule has 3 rings (SSSR count). The molecule has 0 aliphatic carbocycles. The molecule has 0 unspecified atom stereocenters. The van der Waals surface area contributed by atoms with Crippen molar-refractivity contribution in [3.05, 3.63) is 41.6 Å². The Morgan fingerprint density at radius 3 is 2.36 bits per heavy atom. The topological polar surface area (TPSA) is 62.2 Å². The number of carboxylic acids is 1. The minimum absolute atomic E-state index is 0.236. The number of hydrogen-bond acceptors (Lipinski definition) is 3. The smallest absolute Gasteiger partial charge is 0.475 e. The zero-order chi connectivity index (χ0) is 18.7. The molecule has 0 spiro atoms. The number of aromatic nitrogens is 1. The molecule has 1 aliphatic rings. The number of aryl methyl sites for hydroxylation is 1. The van der Waals surface area contributed by atoms with Crippen molar-refractivity contribution in [2.45, 2.75) is 38.3 Å². The molecule has 7 heteroatoms. The Kier molecular flexibility index (Phi) is 5.67. The highest BCUT2D eigenvalue weighted by molar-refractivity contribution is 5.82. The number of nitrogens with zero attached hydrogens (tertiary/aromatic N) is 1. The Hall–Kier alpha value is -2.15. The lowest BCUT2D eigenvalue weighted by Crippen LogP contribution is -2.38. The van der Waals surface area contributed by atoms with Gasteiger partial charge in [-0.15, -0.1) is 0 Å². The van der Waals surface area contributed by atoms with Crippen LogP contribution in [0, 0.1) is 6.92 Å². The number of fused-ring (bicyclic) bond motifs is 1. The van der Waals surface area contributed by atoms with Gasteiger partial charge in [-0.05, 0) is 50.6 Å². The average molecular weight is 354 g/mol. The Morgan fingerprint density at radius 1 is 1.24 bits per heavy atom. The van der Waals surface area contributed by atoms with Crippen molar-refractivity contribution in [1.29, 1.82) is 0 Å². The number of nitrogens with one attached hydrogen (secondary N) is 1. The van der Waals surface area contributed by atoms with Crippen molar-refractivity contribution in [1.82, 2.24) is 10.3 Å². The molecule has 1 aromatic heterocycles. The fourth-order valence-corrected chi connectivity index (χ4v) is 2.89. The van der Waals surface area contributed by atoms with Crippen molar-refractivity contribution >= 4 is 16.9 Å². The van der Waals surface area contributed by atoms with Crippen LogP contribution in [0.4, 0.5) is 13.2 Å². The van der Waals surface area contributed by atoms with Gasteiger partial charge in [0.2, 0.25) is 0 Å². The summed E-state index contributed by atoms with van der Waals surface area (Å²) in [6.45, 7) is 6.75. The Morgan fingerprint density at radius 2 is 1.80 bits per heavy atom. The first kappa shape index (κ1) is 19.2. The molecule has 0 atom stereocenters. The molecular weight excluding hydrogens is 333 g/mol. The molecule has 0 bridgehead atoms. The minimum Gasteiger partial charge on any atom is -0.475 e. The molecule has 2 N–H and O–H groups in total. The van der Waals surface area contributed by atoms with E-state index in [2.05, 4.69) is 49.5 Å². The zero-order valence-corrected chi connectivity index (χ0v) is 14.2. The third-order valence-corrected chi connectivity index (χ3v) is 4.49. The van der Waals surface area contributed by atoms with Crippen LogP contribution in [0.25, 0.3) is 10.9 Å². The Balaban J connectivity index is 0.000000277. The van der Waals surface area contributed by atoms with E-state index in [1.807, 2.05) is 0 Å². The molecule has 2 aromatic rings. The predicted molar refractivity (Wildman–Crippen MR) is 89.6 cm³/mol. The molecule has 0 radical (unpaired) electrons. The van der Waals surface area contributed by atoms with Crippen molar-refractivity contribution in [2.24, 2.45) is 0 Å². The van der Waals surface area contributed by atoms with E-state index in [-0.39, 0.29) is 5.41 Å². The maximum absolute atomic E-state index is 10.6. The molecule has 0 saturated carbocycles. The van der Waals surface area contributed by atoms with Gasteiger partial charge in [0.25, 0.3) is 0 Å². The van der Waals surface area contributed by atoms with Gasteiger partial charge in [0.05, 0.1) is 5.52 Å². The van der Waals surface area contributed by atoms with Crippen LogP contribution >= 0.6 is 0 Å². The predicted octanol–water partition coefficient (Wildman–Crippen LogP) is 3.82. The molecule has 25 heavy (non-hydrogen) atoms. The highest BCUT2D eigenvalue weighted by Crippen LogP contribution is 2.33. The van der Waals surface area contributed by atoms with Crippen LogP contribution in [0.1, 0.15) is 31.0 Å². The molecule has 1 aromatic carbocycles. The summed E-state index contributed by atoms with van der Waals surface area (Å²) in [5.41, 5.74) is 3.97. The van der Waals surface area contributed by atoms with Gasteiger partial charge in [-0.25, -0.2) is 4.79 Å². The molecule has 4 nitrogen and oxygen atoms in total. The maximum atomic E-state index is 10.6. The van der Waals surface area contributed by atoms with Gasteiger partial charge in [0.15, 0.2) is 0 Å². The number of para-hydroxylation sites is 1. The summed E-state index contributed by atoms with van der Waals surface area (Å²) in [7, 11) is 0.